The Kier molecular flexibility index (Phi) is 2.91. The van der Waals surface area contributed by atoms with E-state index in [-0.39, 0.29) is 18.2 Å². The standard InChI is InChI=1S/C10H13N3O2S/c1-5(2)7-4-16-10(12-7)11-6-3-8(14)13-9(6)15/h4-6H,3H2,1-2H3,(H,11,12)(H,13,14,15). The second kappa shape index (κ2) is 4.21. The van der Waals surface area contributed by atoms with Gasteiger partial charge in [-0.2, -0.15) is 0 Å². The normalized spacial score (nSPS) is 20.3. The van der Waals surface area contributed by atoms with Crippen LogP contribution in [-0.4, -0.2) is 22.8 Å². The van der Waals surface area contributed by atoms with E-state index in [1.54, 1.807) is 0 Å². The predicted octanol–water partition coefficient (Wildman–Crippen LogP) is 1.09. The summed E-state index contributed by atoms with van der Waals surface area (Å²) < 4.78 is 0. The summed E-state index contributed by atoms with van der Waals surface area (Å²) in [6.45, 7) is 4.12. The molecule has 0 saturated carbocycles. The number of anilines is 1. The molecule has 2 rings (SSSR count). The van der Waals surface area contributed by atoms with Crippen molar-refractivity contribution in [1.82, 2.24) is 10.3 Å². The average Bonchev–Trinajstić information content (AvgIpc) is 2.75. The molecule has 0 aromatic carbocycles. The number of amides is 2. The molecule has 0 aliphatic carbocycles. The van der Waals surface area contributed by atoms with E-state index in [2.05, 4.69) is 29.5 Å². The van der Waals surface area contributed by atoms with Crippen molar-refractivity contribution in [2.45, 2.75) is 32.2 Å². The first-order valence-electron chi connectivity index (χ1n) is 5.12. The van der Waals surface area contributed by atoms with Crippen LogP contribution in [0, 0.1) is 0 Å². The zero-order chi connectivity index (χ0) is 11.7. The van der Waals surface area contributed by atoms with Crippen LogP contribution < -0.4 is 10.6 Å². The van der Waals surface area contributed by atoms with Gasteiger partial charge in [-0.25, -0.2) is 4.98 Å². The lowest BCUT2D eigenvalue weighted by atomic mass is 10.2. The number of carbonyl (C=O) groups excluding carboxylic acids is 2. The maximum atomic E-state index is 11.3. The third-order valence-corrected chi connectivity index (χ3v) is 3.17. The van der Waals surface area contributed by atoms with E-state index in [4.69, 9.17) is 0 Å². The van der Waals surface area contributed by atoms with Crippen molar-refractivity contribution in [3.8, 4) is 0 Å². The smallest absolute Gasteiger partial charge is 0.249 e. The minimum Gasteiger partial charge on any atom is -0.349 e. The molecule has 1 aromatic heterocycles. The van der Waals surface area contributed by atoms with Gasteiger partial charge in [0.15, 0.2) is 5.13 Å². The SMILES string of the molecule is CC(C)c1csc(NC2CC(=O)NC2=O)n1. The highest BCUT2D eigenvalue weighted by Gasteiger charge is 2.30. The van der Waals surface area contributed by atoms with Crippen molar-refractivity contribution in [1.29, 1.82) is 0 Å². The molecule has 1 atom stereocenters. The van der Waals surface area contributed by atoms with E-state index < -0.39 is 6.04 Å². The van der Waals surface area contributed by atoms with E-state index in [9.17, 15) is 9.59 Å². The lowest BCUT2D eigenvalue weighted by Crippen LogP contribution is -2.29. The summed E-state index contributed by atoms with van der Waals surface area (Å²) >= 11 is 1.45. The zero-order valence-corrected chi connectivity index (χ0v) is 9.93. The Morgan fingerprint density at radius 1 is 1.56 bits per heavy atom. The number of thiazole rings is 1. The Labute approximate surface area is 97.3 Å². The molecule has 5 nitrogen and oxygen atoms in total. The molecule has 6 heteroatoms. The lowest BCUT2D eigenvalue weighted by molar-refractivity contribution is -0.124. The Morgan fingerprint density at radius 3 is 2.81 bits per heavy atom. The minimum absolute atomic E-state index is 0.190. The summed E-state index contributed by atoms with van der Waals surface area (Å²) in [5, 5.41) is 7.88. The third-order valence-electron chi connectivity index (χ3n) is 2.38. The van der Waals surface area contributed by atoms with Crippen LogP contribution in [0.5, 0.6) is 0 Å². The summed E-state index contributed by atoms with van der Waals surface area (Å²) in [4.78, 5) is 26.6. The first-order valence-corrected chi connectivity index (χ1v) is 6.00. The number of hydrogen-bond donors (Lipinski definition) is 2. The predicted molar refractivity (Wildman–Crippen MR) is 61.4 cm³/mol. The molecule has 0 spiro atoms. The molecule has 1 aromatic rings. The van der Waals surface area contributed by atoms with Gasteiger partial charge in [0.1, 0.15) is 6.04 Å². The minimum atomic E-state index is -0.473. The molecular formula is C10H13N3O2S. The average molecular weight is 239 g/mol. The van der Waals surface area contributed by atoms with Gasteiger partial charge in [0.2, 0.25) is 11.8 Å². The molecule has 1 aliphatic rings. The Balaban J connectivity index is 2.04. The summed E-state index contributed by atoms with van der Waals surface area (Å²) in [6.07, 6.45) is 0.190. The van der Waals surface area contributed by atoms with Gasteiger partial charge in [0, 0.05) is 5.38 Å². The number of imide groups is 1. The molecule has 2 amide bonds. The summed E-state index contributed by atoms with van der Waals surface area (Å²) in [6, 6.07) is -0.473. The Morgan fingerprint density at radius 2 is 2.31 bits per heavy atom. The molecule has 0 bridgehead atoms. The van der Waals surface area contributed by atoms with E-state index in [1.165, 1.54) is 11.3 Å². The molecule has 1 unspecified atom stereocenters. The molecule has 1 fully saturated rings. The van der Waals surface area contributed by atoms with Gasteiger partial charge >= 0.3 is 0 Å². The summed E-state index contributed by atoms with van der Waals surface area (Å²) in [5.74, 6) is -0.139. The first-order chi connectivity index (χ1) is 7.56. The first kappa shape index (κ1) is 11.1. The van der Waals surface area contributed by atoms with Crippen molar-refractivity contribution in [2.24, 2.45) is 0 Å². The van der Waals surface area contributed by atoms with Gasteiger partial charge in [-0.15, -0.1) is 11.3 Å². The molecule has 86 valence electrons. The molecule has 1 aliphatic heterocycles. The lowest BCUT2D eigenvalue weighted by Gasteiger charge is -2.06. The van der Waals surface area contributed by atoms with Crippen LogP contribution in [0.25, 0.3) is 0 Å². The number of nitrogens with one attached hydrogen (secondary N) is 2. The molecule has 1 saturated heterocycles. The van der Waals surface area contributed by atoms with E-state index in [0.29, 0.717) is 11.0 Å². The molecule has 0 radical (unpaired) electrons. The number of carbonyl (C=O) groups is 2. The van der Waals surface area contributed by atoms with E-state index in [1.807, 2.05) is 5.38 Å². The van der Waals surface area contributed by atoms with Gasteiger partial charge in [0.05, 0.1) is 12.1 Å². The highest BCUT2D eigenvalue weighted by Crippen LogP contribution is 2.22. The van der Waals surface area contributed by atoms with Crippen molar-refractivity contribution >= 4 is 28.3 Å². The monoisotopic (exact) mass is 239 g/mol. The van der Waals surface area contributed by atoms with Crippen LogP contribution in [0.15, 0.2) is 5.38 Å². The van der Waals surface area contributed by atoms with Crippen LogP contribution in [0.3, 0.4) is 0 Å². The highest BCUT2D eigenvalue weighted by atomic mass is 32.1. The van der Waals surface area contributed by atoms with Crippen LogP contribution in [0.4, 0.5) is 5.13 Å². The van der Waals surface area contributed by atoms with Crippen LogP contribution in [0.1, 0.15) is 31.9 Å². The highest BCUT2D eigenvalue weighted by molar-refractivity contribution is 7.13. The topological polar surface area (TPSA) is 71.1 Å². The van der Waals surface area contributed by atoms with Crippen LogP contribution in [-0.2, 0) is 9.59 Å². The van der Waals surface area contributed by atoms with Gasteiger partial charge in [-0.1, -0.05) is 13.8 Å². The number of aromatic nitrogens is 1. The largest absolute Gasteiger partial charge is 0.349 e. The van der Waals surface area contributed by atoms with Gasteiger partial charge < -0.3 is 5.32 Å². The van der Waals surface area contributed by atoms with Crippen molar-refractivity contribution < 1.29 is 9.59 Å². The second-order valence-corrected chi connectivity index (χ2v) is 4.90. The third kappa shape index (κ3) is 2.21. The van der Waals surface area contributed by atoms with Crippen LogP contribution in [0.2, 0.25) is 0 Å². The molecule has 2 N–H and O–H groups in total. The number of hydrogen-bond acceptors (Lipinski definition) is 5. The van der Waals surface area contributed by atoms with Gasteiger partial charge in [-0.05, 0) is 5.92 Å². The van der Waals surface area contributed by atoms with Crippen LogP contribution >= 0.6 is 11.3 Å². The maximum absolute atomic E-state index is 11.3. The Hall–Kier alpha value is -1.43. The fraction of sp³-hybridized carbons (Fsp3) is 0.500. The van der Waals surface area contributed by atoms with Crippen molar-refractivity contribution in [3.63, 3.8) is 0 Å². The van der Waals surface area contributed by atoms with Gasteiger partial charge in [0.25, 0.3) is 0 Å². The second-order valence-electron chi connectivity index (χ2n) is 4.05. The Bertz CT molecular complexity index is 427. The van der Waals surface area contributed by atoms with E-state index >= 15 is 0 Å². The fourth-order valence-electron chi connectivity index (χ4n) is 1.44. The fourth-order valence-corrected chi connectivity index (χ4v) is 2.36. The summed E-state index contributed by atoms with van der Waals surface area (Å²) in [7, 11) is 0. The van der Waals surface area contributed by atoms with E-state index in [0.717, 1.165) is 5.69 Å². The van der Waals surface area contributed by atoms with Gasteiger partial charge in [-0.3, -0.25) is 14.9 Å². The maximum Gasteiger partial charge on any atom is 0.249 e. The number of rotatable bonds is 3. The summed E-state index contributed by atoms with van der Waals surface area (Å²) in [5.41, 5.74) is 0.997. The van der Waals surface area contributed by atoms with Crippen molar-refractivity contribution in [2.75, 3.05) is 5.32 Å². The quantitative estimate of drug-likeness (QED) is 0.775. The van der Waals surface area contributed by atoms with Crippen molar-refractivity contribution in [3.05, 3.63) is 11.1 Å². The number of nitrogens with zero attached hydrogens (tertiary/aromatic N) is 1. The molecule has 16 heavy (non-hydrogen) atoms. The molecular weight excluding hydrogens is 226 g/mol. The zero-order valence-electron chi connectivity index (χ0n) is 9.11. The molecule has 2 heterocycles.